The standard InChI is InChI=1S/C16H17N3O5/c20-9-5-8(18-3-1-2-4-18)14(22)12-13(9)19-11(17-12)7-23-15-10(21)6-24-16(15)19/h5,10,15-16,21H,1-4,6-7H2/t10-,15-,16+/m1/s1. The topological polar surface area (TPSA) is 93.9 Å². The summed E-state index contributed by atoms with van der Waals surface area (Å²) < 4.78 is 12.8. The molecule has 0 unspecified atom stereocenters. The molecule has 0 aromatic carbocycles. The predicted molar refractivity (Wildman–Crippen MR) is 79.4 cm³/mol. The SMILES string of the molecule is O=C1C(N2CCCC2)=CC(=O)c2c1nc1n2[C@H]2OC[C@@H](O)[C@H]2OC1. The third kappa shape index (κ3) is 1.81. The van der Waals surface area contributed by atoms with Crippen molar-refractivity contribution in [3.8, 4) is 0 Å². The van der Waals surface area contributed by atoms with Gasteiger partial charge in [0.1, 0.15) is 36.0 Å². The fourth-order valence-electron chi connectivity index (χ4n) is 3.98. The number of ether oxygens (including phenoxy) is 2. The smallest absolute Gasteiger partial charge is 0.229 e. The Morgan fingerprint density at radius 3 is 2.79 bits per heavy atom. The highest BCUT2D eigenvalue weighted by Gasteiger charge is 2.46. The second kappa shape index (κ2) is 4.98. The quantitative estimate of drug-likeness (QED) is 0.776. The molecule has 24 heavy (non-hydrogen) atoms. The molecular formula is C16H17N3O5. The van der Waals surface area contributed by atoms with Crippen molar-refractivity contribution >= 4 is 11.6 Å². The van der Waals surface area contributed by atoms with Crippen LogP contribution in [0.15, 0.2) is 11.8 Å². The number of aliphatic hydroxyl groups is 1. The fraction of sp³-hybridized carbons (Fsp3) is 0.562. The molecule has 2 saturated heterocycles. The first-order valence-corrected chi connectivity index (χ1v) is 8.23. The number of fused-ring (bicyclic) bond motifs is 5. The molecule has 0 radical (unpaired) electrons. The van der Waals surface area contributed by atoms with Crippen molar-refractivity contribution in [3.05, 3.63) is 29.0 Å². The molecule has 2 fully saturated rings. The Labute approximate surface area is 137 Å². The third-order valence-electron chi connectivity index (χ3n) is 5.14. The number of aliphatic hydroxyl groups excluding tert-OH is 1. The normalized spacial score (nSPS) is 31.8. The second-order valence-corrected chi connectivity index (χ2v) is 6.58. The van der Waals surface area contributed by atoms with Gasteiger partial charge in [0.2, 0.25) is 11.6 Å². The number of nitrogens with zero attached hydrogens (tertiary/aromatic N) is 3. The summed E-state index contributed by atoms with van der Waals surface area (Å²) in [6.07, 6.45) is 1.57. The Morgan fingerprint density at radius 1 is 1.21 bits per heavy atom. The first kappa shape index (κ1) is 14.3. The number of likely N-dealkylation sites (tertiary alicyclic amines) is 1. The van der Waals surface area contributed by atoms with E-state index in [2.05, 4.69) is 4.98 Å². The molecule has 3 atom stereocenters. The maximum atomic E-state index is 12.9. The molecule has 5 rings (SSSR count). The average Bonchev–Trinajstić information content (AvgIpc) is 3.28. The van der Waals surface area contributed by atoms with E-state index < -0.39 is 18.4 Å². The Kier molecular flexibility index (Phi) is 2.97. The summed E-state index contributed by atoms with van der Waals surface area (Å²) in [7, 11) is 0. The van der Waals surface area contributed by atoms with E-state index in [1.807, 2.05) is 4.90 Å². The number of rotatable bonds is 1. The minimum Gasteiger partial charge on any atom is -0.388 e. The van der Waals surface area contributed by atoms with Gasteiger partial charge < -0.3 is 19.5 Å². The third-order valence-corrected chi connectivity index (χ3v) is 5.14. The Hall–Kier alpha value is -2.03. The van der Waals surface area contributed by atoms with Crippen molar-refractivity contribution in [2.75, 3.05) is 19.7 Å². The van der Waals surface area contributed by atoms with Gasteiger partial charge in [-0.1, -0.05) is 0 Å². The van der Waals surface area contributed by atoms with Crippen molar-refractivity contribution < 1.29 is 24.2 Å². The lowest BCUT2D eigenvalue weighted by Crippen LogP contribution is -2.37. The molecule has 0 spiro atoms. The summed E-state index contributed by atoms with van der Waals surface area (Å²) in [5, 5.41) is 9.94. The monoisotopic (exact) mass is 331 g/mol. The van der Waals surface area contributed by atoms with Gasteiger partial charge >= 0.3 is 0 Å². The summed E-state index contributed by atoms with van der Waals surface area (Å²) >= 11 is 0. The van der Waals surface area contributed by atoms with Crippen molar-refractivity contribution in [2.24, 2.45) is 0 Å². The van der Waals surface area contributed by atoms with E-state index in [0.717, 1.165) is 25.9 Å². The fourth-order valence-corrected chi connectivity index (χ4v) is 3.98. The minimum atomic E-state index is -0.744. The first-order chi connectivity index (χ1) is 11.6. The van der Waals surface area contributed by atoms with Crippen LogP contribution in [0.1, 0.15) is 45.9 Å². The number of carbonyl (C=O) groups excluding carboxylic acids is 2. The largest absolute Gasteiger partial charge is 0.388 e. The molecule has 1 aromatic rings. The molecule has 4 aliphatic rings. The van der Waals surface area contributed by atoms with E-state index >= 15 is 0 Å². The number of imidazole rings is 1. The number of Topliss-reactive ketones (excluding diaryl/α,β-unsaturated/α-hetero) is 1. The van der Waals surface area contributed by atoms with Gasteiger partial charge in [-0.3, -0.25) is 14.2 Å². The second-order valence-electron chi connectivity index (χ2n) is 6.58. The highest BCUT2D eigenvalue weighted by Crippen LogP contribution is 2.37. The van der Waals surface area contributed by atoms with Crippen LogP contribution in [0, 0.1) is 0 Å². The summed E-state index contributed by atoms with van der Waals surface area (Å²) in [6, 6.07) is 0. The molecular weight excluding hydrogens is 314 g/mol. The average molecular weight is 331 g/mol. The summed E-state index contributed by atoms with van der Waals surface area (Å²) in [4.78, 5) is 31.9. The molecule has 8 heteroatoms. The van der Waals surface area contributed by atoms with Gasteiger partial charge in [-0.05, 0) is 12.8 Å². The molecule has 126 valence electrons. The van der Waals surface area contributed by atoms with Crippen LogP contribution in [-0.2, 0) is 16.1 Å². The maximum Gasteiger partial charge on any atom is 0.229 e. The van der Waals surface area contributed by atoms with Crippen LogP contribution in [0.5, 0.6) is 0 Å². The van der Waals surface area contributed by atoms with Crippen LogP contribution in [0.4, 0.5) is 0 Å². The van der Waals surface area contributed by atoms with Gasteiger partial charge in [0.25, 0.3) is 0 Å². The number of carbonyl (C=O) groups is 2. The van der Waals surface area contributed by atoms with Gasteiger partial charge in [0.05, 0.1) is 12.3 Å². The van der Waals surface area contributed by atoms with Crippen LogP contribution in [-0.4, -0.2) is 63.0 Å². The molecule has 4 heterocycles. The molecule has 0 bridgehead atoms. The molecule has 1 aliphatic carbocycles. The number of allylic oxidation sites excluding steroid dienone is 2. The zero-order valence-electron chi connectivity index (χ0n) is 13.0. The molecule has 3 aliphatic heterocycles. The molecule has 0 saturated carbocycles. The van der Waals surface area contributed by atoms with Crippen LogP contribution >= 0.6 is 0 Å². The lowest BCUT2D eigenvalue weighted by molar-refractivity contribution is -0.0992. The van der Waals surface area contributed by atoms with E-state index in [1.165, 1.54) is 6.08 Å². The molecule has 0 amide bonds. The highest BCUT2D eigenvalue weighted by atomic mass is 16.6. The van der Waals surface area contributed by atoms with E-state index in [-0.39, 0.29) is 36.2 Å². The van der Waals surface area contributed by atoms with E-state index in [0.29, 0.717) is 11.5 Å². The van der Waals surface area contributed by atoms with Crippen molar-refractivity contribution in [2.45, 2.75) is 37.9 Å². The van der Waals surface area contributed by atoms with E-state index in [9.17, 15) is 14.7 Å². The van der Waals surface area contributed by atoms with E-state index in [1.54, 1.807) is 4.57 Å². The van der Waals surface area contributed by atoms with Gasteiger partial charge in [-0.15, -0.1) is 0 Å². The van der Waals surface area contributed by atoms with Gasteiger partial charge in [-0.25, -0.2) is 4.98 Å². The lowest BCUT2D eigenvalue weighted by Gasteiger charge is -2.29. The maximum absolute atomic E-state index is 12.9. The lowest BCUT2D eigenvalue weighted by atomic mass is 10.0. The number of hydrogen-bond donors (Lipinski definition) is 1. The van der Waals surface area contributed by atoms with Crippen LogP contribution in [0.25, 0.3) is 0 Å². The Balaban J connectivity index is 1.60. The van der Waals surface area contributed by atoms with Gasteiger partial charge in [0.15, 0.2) is 6.23 Å². The zero-order chi connectivity index (χ0) is 16.4. The van der Waals surface area contributed by atoms with Gasteiger partial charge in [0, 0.05) is 19.2 Å². The minimum absolute atomic E-state index is 0.138. The van der Waals surface area contributed by atoms with Gasteiger partial charge in [-0.2, -0.15) is 0 Å². The van der Waals surface area contributed by atoms with Crippen molar-refractivity contribution in [1.29, 1.82) is 0 Å². The number of hydrogen-bond acceptors (Lipinski definition) is 7. The Morgan fingerprint density at radius 2 is 2.00 bits per heavy atom. The molecule has 8 nitrogen and oxygen atoms in total. The Bertz CT molecular complexity index is 777. The van der Waals surface area contributed by atoms with Crippen molar-refractivity contribution in [3.63, 3.8) is 0 Å². The zero-order valence-corrected chi connectivity index (χ0v) is 13.0. The van der Waals surface area contributed by atoms with E-state index in [4.69, 9.17) is 9.47 Å². The predicted octanol–water partition coefficient (Wildman–Crippen LogP) is 0.0303. The van der Waals surface area contributed by atoms with Crippen LogP contribution in [0.2, 0.25) is 0 Å². The van der Waals surface area contributed by atoms with Crippen molar-refractivity contribution in [1.82, 2.24) is 14.5 Å². The summed E-state index contributed by atoms with van der Waals surface area (Å²) in [5.41, 5.74) is 0.865. The first-order valence-electron chi connectivity index (χ1n) is 8.23. The van der Waals surface area contributed by atoms with Crippen LogP contribution in [0.3, 0.4) is 0 Å². The summed E-state index contributed by atoms with van der Waals surface area (Å²) in [5.74, 6) is 0.0347. The molecule has 1 N–H and O–H groups in total. The number of ketones is 2. The van der Waals surface area contributed by atoms with Crippen LogP contribution < -0.4 is 0 Å². The number of aromatic nitrogens is 2. The molecule has 1 aromatic heterocycles. The summed E-state index contributed by atoms with van der Waals surface area (Å²) in [6.45, 7) is 1.86. The highest BCUT2D eigenvalue weighted by molar-refractivity contribution is 6.23.